The van der Waals surface area contributed by atoms with Gasteiger partial charge in [0.2, 0.25) is 0 Å². The summed E-state index contributed by atoms with van der Waals surface area (Å²) in [5, 5.41) is 0. The Morgan fingerprint density at radius 3 is 2.00 bits per heavy atom. The zero-order chi connectivity index (χ0) is 39.9. The predicted molar refractivity (Wildman–Crippen MR) is 244 cm³/mol. The van der Waals surface area contributed by atoms with Crippen LogP contribution >= 0.6 is 0 Å². The molecule has 0 spiro atoms. The van der Waals surface area contributed by atoms with Crippen LogP contribution in [0.5, 0.6) is 5.75 Å². The molecule has 3 fully saturated rings. The molecule has 0 radical (unpaired) electrons. The van der Waals surface area contributed by atoms with Gasteiger partial charge in [0.25, 0.3) is 0 Å². The van der Waals surface area contributed by atoms with Crippen molar-refractivity contribution in [1.29, 1.82) is 0 Å². The van der Waals surface area contributed by atoms with Gasteiger partial charge in [-0.15, -0.1) is 0 Å². The summed E-state index contributed by atoms with van der Waals surface area (Å²) in [6.07, 6.45) is 16.9. The average molecular weight is 763 g/mol. The second kappa shape index (κ2) is 14.5. The van der Waals surface area contributed by atoms with E-state index in [-0.39, 0.29) is 10.8 Å². The van der Waals surface area contributed by atoms with Gasteiger partial charge in [0, 0.05) is 11.1 Å². The Morgan fingerprint density at radius 1 is 0.732 bits per heavy atom. The maximum atomic E-state index is 6.29. The van der Waals surface area contributed by atoms with Gasteiger partial charge in [-0.05, 0) is 152 Å². The molecule has 1 nitrogen and oxygen atoms in total. The van der Waals surface area contributed by atoms with Crippen molar-refractivity contribution in [3.63, 3.8) is 0 Å². The van der Waals surface area contributed by atoms with Gasteiger partial charge in [0.05, 0.1) is 15.2 Å². The molecule has 8 unspecified atom stereocenters. The van der Waals surface area contributed by atoms with Crippen LogP contribution in [-0.2, 0) is 10.8 Å². The smallest absolute Gasteiger partial charge is 0.126 e. The summed E-state index contributed by atoms with van der Waals surface area (Å²) in [6, 6.07) is 25.5. The van der Waals surface area contributed by atoms with Crippen LogP contribution in [0, 0.1) is 41.4 Å². The molecule has 0 amide bonds. The Labute approximate surface area is 341 Å². The quantitative estimate of drug-likeness (QED) is 0.218. The van der Waals surface area contributed by atoms with Gasteiger partial charge in [0.1, 0.15) is 5.75 Å². The van der Waals surface area contributed by atoms with Gasteiger partial charge in [-0.3, -0.25) is 0 Å². The van der Waals surface area contributed by atoms with Crippen LogP contribution in [0.1, 0.15) is 117 Å². The highest BCUT2D eigenvalue weighted by Crippen LogP contribution is 2.67. The number of allylic oxidation sites excluding steroid dienone is 8. The average Bonchev–Trinajstić information content (AvgIpc) is 3.88. The molecule has 0 aliphatic heterocycles. The largest absolute Gasteiger partial charge is 0.496 e. The first-order chi connectivity index (χ1) is 26.5. The first kappa shape index (κ1) is 39.5. The number of hydrogen-bond donors (Lipinski definition) is 0. The van der Waals surface area contributed by atoms with Crippen molar-refractivity contribution in [2.45, 2.75) is 129 Å². The molecule has 2 heteroatoms. The van der Waals surface area contributed by atoms with Gasteiger partial charge in [-0.25, -0.2) is 0 Å². The molecule has 0 aromatic heterocycles. The van der Waals surface area contributed by atoms with Crippen molar-refractivity contribution >= 4 is 19.2 Å². The highest BCUT2D eigenvalue weighted by Gasteiger charge is 2.59. The van der Waals surface area contributed by atoms with E-state index in [0.29, 0.717) is 35.5 Å². The van der Waals surface area contributed by atoms with Crippen LogP contribution in [0.25, 0.3) is 22.3 Å². The van der Waals surface area contributed by atoms with E-state index >= 15 is 0 Å². The highest BCUT2D eigenvalue weighted by molar-refractivity contribution is 6.80. The van der Waals surface area contributed by atoms with Crippen LogP contribution < -0.4 is 4.74 Å². The van der Waals surface area contributed by atoms with Gasteiger partial charge in [0.15, 0.2) is 0 Å². The van der Waals surface area contributed by atoms with E-state index in [4.69, 9.17) is 4.74 Å². The molecule has 3 aromatic carbocycles. The van der Waals surface area contributed by atoms with E-state index < -0.39 is 8.07 Å². The zero-order valence-electron chi connectivity index (χ0n) is 36.8. The third-order valence-corrected chi connectivity index (χ3v) is 20.7. The first-order valence-corrected chi connectivity index (χ1v) is 25.4. The second-order valence-electron chi connectivity index (χ2n) is 21.6. The van der Waals surface area contributed by atoms with Gasteiger partial charge < -0.3 is 4.74 Å². The lowest BCUT2D eigenvalue weighted by molar-refractivity contribution is 0.372. The molecule has 3 aromatic rings. The van der Waals surface area contributed by atoms with Gasteiger partial charge in [-0.2, -0.15) is 0 Å². The maximum absolute atomic E-state index is 6.29. The normalized spacial score (nSPS) is 28.9. The summed E-state index contributed by atoms with van der Waals surface area (Å²) >= 11 is 0. The molecule has 8 atom stereocenters. The minimum absolute atomic E-state index is 0.0112. The van der Waals surface area contributed by atoms with Crippen molar-refractivity contribution in [2.75, 3.05) is 7.11 Å². The Morgan fingerprint density at radius 2 is 1.38 bits per heavy atom. The molecule has 0 saturated heterocycles. The van der Waals surface area contributed by atoms with E-state index in [9.17, 15) is 0 Å². The molecule has 56 heavy (non-hydrogen) atoms. The van der Waals surface area contributed by atoms with E-state index in [1.807, 2.05) is 7.11 Å². The summed E-state index contributed by atoms with van der Waals surface area (Å²) in [7, 11) is -0.00613. The maximum Gasteiger partial charge on any atom is 0.126 e. The number of fused-ring (bicyclic) bond motifs is 3. The highest BCUT2D eigenvalue weighted by atomic mass is 28.3. The lowest BCUT2D eigenvalue weighted by Gasteiger charge is -2.47. The minimum atomic E-state index is -1.89. The summed E-state index contributed by atoms with van der Waals surface area (Å²) in [5.74, 6) is 5.64. The topological polar surface area (TPSA) is 9.23 Å². The summed E-state index contributed by atoms with van der Waals surface area (Å²) in [5.41, 5.74) is 16.6. The molecule has 5 aliphatic carbocycles. The molecule has 296 valence electrons. The van der Waals surface area contributed by atoms with Crippen molar-refractivity contribution in [3.8, 4) is 16.9 Å². The third-order valence-electron chi connectivity index (χ3n) is 15.5. The van der Waals surface area contributed by atoms with Crippen molar-refractivity contribution < 1.29 is 4.74 Å². The van der Waals surface area contributed by atoms with Gasteiger partial charge >= 0.3 is 0 Å². The SMILES string of the molecule is COc1c(C(C)(C)C)cc(C2=C3CCCC3=CC3C2CC(C)C3[Si](C)(C)C2C3C=CC=C(c4ccccc4-c4ccccc4)C3CC2C(C)C)cc1C(C)(C)C. The molecular formula is C54H70OSi. The Hall–Kier alpha value is -3.36. The zero-order valence-corrected chi connectivity index (χ0v) is 37.8. The Bertz CT molecular complexity index is 2060. The standard InChI is InChI=1S/C54H70OSi/c1-33(2)43-32-44-41(40-24-17-16-23-38(40)35-20-14-13-15-21-35)26-19-27-42(44)52(43)56(11,12)51-34(3)28-45-46(51)29-36-22-18-25-39(36)49(45)37-30-47(53(4,5)6)50(55-10)48(31-37)54(7,8)9/h13-17,19-21,23-24,26-27,29-31,33-34,42-46,51-52H,18,22,25,28,32H2,1-12H3. The van der Waals surface area contributed by atoms with Crippen LogP contribution in [0.15, 0.2) is 102 Å². The first-order valence-electron chi connectivity index (χ1n) is 22.2. The van der Waals surface area contributed by atoms with Crippen molar-refractivity contribution in [2.24, 2.45) is 41.4 Å². The van der Waals surface area contributed by atoms with E-state index in [2.05, 4.69) is 166 Å². The number of hydrogen-bond acceptors (Lipinski definition) is 1. The number of ether oxygens (including phenoxy) is 1. The molecule has 3 saturated carbocycles. The lowest BCUT2D eigenvalue weighted by Crippen LogP contribution is -2.46. The van der Waals surface area contributed by atoms with Crippen molar-refractivity contribution in [1.82, 2.24) is 0 Å². The molecule has 5 aliphatic rings. The molecule has 0 N–H and O–H groups in total. The van der Waals surface area contributed by atoms with E-state index in [1.54, 1.807) is 22.3 Å². The summed E-state index contributed by atoms with van der Waals surface area (Å²) in [4.78, 5) is 0. The number of rotatable bonds is 7. The van der Waals surface area contributed by atoms with Crippen molar-refractivity contribution in [3.05, 3.63) is 124 Å². The van der Waals surface area contributed by atoms with Gasteiger partial charge in [-0.1, -0.05) is 154 Å². The molecule has 0 heterocycles. The fourth-order valence-corrected chi connectivity index (χ4v) is 19.6. The van der Waals surface area contributed by atoms with Crippen LogP contribution in [0.3, 0.4) is 0 Å². The summed E-state index contributed by atoms with van der Waals surface area (Å²) < 4.78 is 6.29. The van der Waals surface area contributed by atoms with Crippen LogP contribution in [-0.4, -0.2) is 15.2 Å². The fourth-order valence-electron chi connectivity index (χ4n) is 13.3. The predicted octanol–water partition coefficient (Wildman–Crippen LogP) is 15.1. The monoisotopic (exact) mass is 763 g/mol. The van der Waals surface area contributed by atoms with E-state index in [1.165, 1.54) is 65.5 Å². The Kier molecular flexibility index (Phi) is 10.2. The molecule has 0 bridgehead atoms. The number of methoxy groups -OCH3 is 1. The summed E-state index contributed by atoms with van der Waals surface area (Å²) in [6.45, 7) is 27.7. The number of benzene rings is 3. The second-order valence-corrected chi connectivity index (χ2v) is 26.5. The fraction of sp³-hybridized carbons (Fsp3) is 0.519. The van der Waals surface area contributed by atoms with Crippen LogP contribution in [0.2, 0.25) is 24.2 Å². The van der Waals surface area contributed by atoms with E-state index in [0.717, 1.165) is 22.7 Å². The molecule has 8 rings (SSSR count). The lowest BCUT2D eigenvalue weighted by atomic mass is 9.72. The minimum Gasteiger partial charge on any atom is -0.496 e. The Balaban J connectivity index is 1.20. The van der Waals surface area contributed by atoms with Crippen LogP contribution in [0.4, 0.5) is 0 Å². The molecular weight excluding hydrogens is 693 g/mol. The third kappa shape index (κ3) is 6.59.